The van der Waals surface area contributed by atoms with Gasteiger partial charge in [0.2, 0.25) is 0 Å². The van der Waals surface area contributed by atoms with Crippen LogP contribution >= 0.6 is 0 Å². The van der Waals surface area contributed by atoms with E-state index in [0.29, 0.717) is 5.56 Å². The van der Waals surface area contributed by atoms with Crippen LogP contribution in [0, 0.1) is 5.82 Å². The molecule has 0 saturated heterocycles. The van der Waals surface area contributed by atoms with E-state index in [9.17, 15) is 14.3 Å². The Balaban J connectivity index is 2.60. The van der Waals surface area contributed by atoms with E-state index in [0.717, 1.165) is 0 Å². The first-order valence-electron chi connectivity index (χ1n) is 5.70. The molecule has 0 aliphatic heterocycles. The Morgan fingerprint density at radius 1 is 1.39 bits per heavy atom. The maximum absolute atomic E-state index is 13.5. The van der Waals surface area contributed by atoms with Crippen LogP contribution in [0.15, 0.2) is 18.2 Å². The lowest BCUT2D eigenvalue weighted by atomic mass is 10.1. The molecule has 0 aliphatic rings. The van der Waals surface area contributed by atoms with Gasteiger partial charge in [0.05, 0.1) is 12.2 Å². The molecule has 0 aromatic heterocycles. The first kappa shape index (κ1) is 14.4. The van der Waals surface area contributed by atoms with E-state index < -0.39 is 17.9 Å². The number of aliphatic hydroxyl groups is 1. The minimum absolute atomic E-state index is 0.0416. The number of esters is 1. The zero-order valence-electron chi connectivity index (χ0n) is 10.6. The van der Waals surface area contributed by atoms with E-state index in [2.05, 4.69) is 0 Å². The number of carbonyl (C=O) groups is 1. The summed E-state index contributed by atoms with van der Waals surface area (Å²) in [5.41, 5.74) is 0.449. The van der Waals surface area contributed by atoms with Crippen molar-refractivity contribution >= 4 is 5.97 Å². The van der Waals surface area contributed by atoms with Crippen LogP contribution in [0.3, 0.4) is 0 Å². The number of hydrogen-bond acceptors (Lipinski definition) is 4. The van der Waals surface area contributed by atoms with Gasteiger partial charge in [-0.25, -0.2) is 9.18 Å². The smallest absolute Gasteiger partial charge is 0.344 e. The Hall–Kier alpha value is -1.62. The molecular formula is C13H17FO4. The molecule has 1 aromatic rings. The van der Waals surface area contributed by atoms with Crippen molar-refractivity contribution in [2.75, 3.05) is 6.61 Å². The first-order chi connectivity index (χ1) is 8.40. The molecule has 100 valence electrons. The predicted molar refractivity (Wildman–Crippen MR) is 63.8 cm³/mol. The van der Waals surface area contributed by atoms with Crippen LogP contribution in [-0.4, -0.2) is 23.8 Å². The highest BCUT2D eigenvalue weighted by Crippen LogP contribution is 2.21. The highest BCUT2D eigenvalue weighted by Gasteiger charge is 2.11. The second kappa shape index (κ2) is 6.35. The first-order valence-corrected chi connectivity index (χ1v) is 5.70. The molecule has 0 amide bonds. The monoisotopic (exact) mass is 256 g/mol. The number of aliphatic hydroxyl groups excluding tert-OH is 1. The summed E-state index contributed by atoms with van der Waals surface area (Å²) >= 11 is 0. The Kier molecular flexibility index (Phi) is 5.09. The standard InChI is InChI=1S/C13H17FO4/c1-8(2)18-13(16)7-17-12-5-4-10(9(3)15)6-11(12)14/h4-6,8-9,15H,7H2,1-3H3/t9-/m0/s1. The van der Waals surface area contributed by atoms with E-state index in [1.54, 1.807) is 13.8 Å². The van der Waals surface area contributed by atoms with E-state index in [4.69, 9.17) is 9.47 Å². The second-order valence-corrected chi connectivity index (χ2v) is 4.19. The van der Waals surface area contributed by atoms with Gasteiger partial charge < -0.3 is 14.6 Å². The SMILES string of the molecule is CC(C)OC(=O)COc1ccc([C@H](C)O)cc1F. The van der Waals surface area contributed by atoms with Gasteiger partial charge in [-0.1, -0.05) is 6.07 Å². The number of ether oxygens (including phenoxy) is 2. The third-order valence-corrected chi connectivity index (χ3v) is 2.15. The predicted octanol–water partition coefficient (Wildman–Crippen LogP) is 2.21. The quantitative estimate of drug-likeness (QED) is 0.821. The molecular weight excluding hydrogens is 239 g/mol. The maximum atomic E-state index is 13.5. The third kappa shape index (κ3) is 4.33. The lowest BCUT2D eigenvalue weighted by molar-refractivity contribution is -0.149. The summed E-state index contributed by atoms with van der Waals surface area (Å²) in [7, 11) is 0. The second-order valence-electron chi connectivity index (χ2n) is 4.19. The zero-order chi connectivity index (χ0) is 13.7. The Morgan fingerprint density at radius 2 is 2.06 bits per heavy atom. The van der Waals surface area contributed by atoms with Gasteiger partial charge in [0.25, 0.3) is 0 Å². The van der Waals surface area contributed by atoms with Crippen molar-refractivity contribution in [2.24, 2.45) is 0 Å². The fourth-order valence-corrected chi connectivity index (χ4v) is 1.33. The molecule has 4 nitrogen and oxygen atoms in total. The van der Waals surface area contributed by atoms with Crippen LogP contribution in [0.25, 0.3) is 0 Å². The normalized spacial score (nSPS) is 12.3. The molecule has 0 fully saturated rings. The van der Waals surface area contributed by atoms with Crippen molar-refractivity contribution in [3.05, 3.63) is 29.6 Å². The minimum atomic E-state index is -0.751. The molecule has 0 heterocycles. The molecule has 0 radical (unpaired) electrons. The van der Waals surface area contributed by atoms with E-state index in [1.807, 2.05) is 0 Å². The number of carbonyl (C=O) groups excluding carboxylic acids is 1. The number of halogens is 1. The van der Waals surface area contributed by atoms with Crippen LogP contribution in [0.2, 0.25) is 0 Å². The topological polar surface area (TPSA) is 55.8 Å². The number of rotatable bonds is 5. The van der Waals surface area contributed by atoms with Gasteiger partial charge in [-0.15, -0.1) is 0 Å². The molecule has 5 heteroatoms. The lowest BCUT2D eigenvalue weighted by Gasteiger charge is -2.11. The molecule has 1 rings (SSSR count). The number of benzene rings is 1. The van der Waals surface area contributed by atoms with Gasteiger partial charge in [-0.2, -0.15) is 0 Å². The van der Waals surface area contributed by atoms with Crippen molar-refractivity contribution in [2.45, 2.75) is 33.0 Å². The summed E-state index contributed by atoms with van der Waals surface area (Å²) in [5.74, 6) is -1.21. The molecule has 1 aromatic carbocycles. The zero-order valence-corrected chi connectivity index (χ0v) is 10.6. The van der Waals surface area contributed by atoms with Crippen molar-refractivity contribution in [3.8, 4) is 5.75 Å². The summed E-state index contributed by atoms with van der Waals surface area (Å²) in [4.78, 5) is 11.2. The van der Waals surface area contributed by atoms with Crippen LogP contribution < -0.4 is 4.74 Å². The minimum Gasteiger partial charge on any atom is -0.479 e. The van der Waals surface area contributed by atoms with Crippen molar-refractivity contribution < 1.29 is 23.8 Å². The van der Waals surface area contributed by atoms with Gasteiger partial charge in [-0.3, -0.25) is 0 Å². The third-order valence-electron chi connectivity index (χ3n) is 2.15. The molecule has 0 saturated carbocycles. The Labute approximate surface area is 105 Å². The van der Waals surface area contributed by atoms with Crippen LogP contribution in [0.5, 0.6) is 5.75 Å². The van der Waals surface area contributed by atoms with Crippen molar-refractivity contribution in [1.82, 2.24) is 0 Å². The summed E-state index contributed by atoms with van der Waals surface area (Å²) in [6.45, 7) is 4.63. The van der Waals surface area contributed by atoms with E-state index in [-0.39, 0.29) is 18.5 Å². The molecule has 0 aliphatic carbocycles. The van der Waals surface area contributed by atoms with Crippen molar-refractivity contribution in [3.63, 3.8) is 0 Å². The van der Waals surface area contributed by atoms with Gasteiger partial charge in [0, 0.05) is 0 Å². The lowest BCUT2D eigenvalue weighted by Crippen LogP contribution is -2.19. The molecule has 1 N–H and O–H groups in total. The van der Waals surface area contributed by atoms with Gasteiger partial charge >= 0.3 is 5.97 Å². The average molecular weight is 256 g/mol. The summed E-state index contributed by atoms with van der Waals surface area (Å²) in [5, 5.41) is 9.27. The maximum Gasteiger partial charge on any atom is 0.344 e. The van der Waals surface area contributed by atoms with Gasteiger partial charge in [0.15, 0.2) is 18.2 Å². The van der Waals surface area contributed by atoms with E-state index >= 15 is 0 Å². The number of hydrogen-bond donors (Lipinski definition) is 1. The molecule has 1 atom stereocenters. The molecule has 0 bridgehead atoms. The van der Waals surface area contributed by atoms with Gasteiger partial charge in [0.1, 0.15) is 0 Å². The molecule has 0 spiro atoms. The highest BCUT2D eigenvalue weighted by atomic mass is 19.1. The van der Waals surface area contributed by atoms with Crippen molar-refractivity contribution in [1.29, 1.82) is 0 Å². The van der Waals surface area contributed by atoms with Crippen LogP contribution in [-0.2, 0) is 9.53 Å². The fraction of sp³-hybridized carbons (Fsp3) is 0.462. The summed E-state index contributed by atoms with van der Waals surface area (Å²) in [6.07, 6.45) is -0.983. The molecule has 0 unspecified atom stereocenters. The molecule has 18 heavy (non-hydrogen) atoms. The average Bonchev–Trinajstić information content (AvgIpc) is 2.26. The highest BCUT2D eigenvalue weighted by molar-refractivity contribution is 5.71. The summed E-state index contributed by atoms with van der Waals surface area (Å²) in [6, 6.07) is 4.09. The largest absolute Gasteiger partial charge is 0.479 e. The summed E-state index contributed by atoms with van der Waals surface area (Å²) < 4.78 is 23.4. The van der Waals surface area contributed by atoms with Crippen LogP contribution in [0.1, 0.15) is 32.4 Å². The fourth-order valence-electron chi connectivity index (χ4n) is 1.33. The van der Waals surface area contributed by atoms with Gasteiger partial charge in [-0.05, 0) is 38.5 Å². The Bertz CT molecular complexity index is 415. The van der Waals surface area contributed by atoms with E-state index in [1.165, 1.54) is 25.1 Å². The van der Waals surface area contributed by atoms with Crippen LogP contribution in [0.4, 0.5) is 4.39 Å². The Morgan fingerprint density at radius 3 is 2.56 bits per heavy atom.